The summed E-state index contributed by atoms with van der Waals surface area (Å²) in [7, 11) is 0. The van der Waals surface area contributed by atoms with Crippen molar-refractivity contribution in [3.8, 4) is 0 Å². The first-order valence-corrected chi connectivity index (χ1v) is 9.24. The first-order valence-electron chi connectivity index (χ1n) is 9.24. The normalized spacial score (nSPS) is 22.7. The average Bonchev–Trinajstić information content (AvgIpc) is 3.38. The Balaban J connectivity index is 1.63. The zero-order chi connectivity index (χ0) is 16.5. The zero-order valence-corrected chi connectivity index (χ0v) is 14.7. The summed E-state index contributed by atoms with van der Waals surface area (Å²) in [5.74, 6) is 1.33. The molecule has 0 aromatic rings. The SMILES string of the molecule is CCNC(=NCCN1CCCCC1C)NCCNC(=O)C1CC1. The molecular formula is C17H33N5O. The van der Waals surface area contributed by atoms with E-state index >= 15 is 0 Å². The fraction of sp³-hybridized carbons (Fsp3) is 0.882. The summed E-state index contributed by atoms with van der Waals surface area (Å²) >= 11 is 0. The number of nitrogens with zero attached hydrogens (tertiary/aromatic N) is 2. The van der Waals surface area contributed by atoms with Gasteiger partial charge in [-0.05, 0) is 46.1 Å². The number of nitrogens with one attached hydrogen (secondary N) is 3. The third-order valence-electron chi connectivity index (χ3n) is 4.61. The van der Waals surface area contributed by atoms with Gasteiger partial charge in [0.1, 0.15) is 0 Å². The molecule has 3 N–H and O–H groups in total. The van der Waals surface area contributed by atoms with Crippen molar-refractivity contribution in [3.63, 3.8) is 0 Å². The highest BCUT2D eigenvalue weighted by molar-refractivity contribution is 5.81. The van der Waals surface area contributed by atoms with Crippen molar-refractivity contribution in [1.82, 2.24) is 20.9 Å². The molecule has 1 atom stereocenters. The predicted molar refractivity (Wildman–Crippen MR) is 94.6 cm³/mol. The summed E-state index contributed by atoms with van der Waals surface area (Å²) in [6, 6.07) is 0.687. The molecule has 1 heterocycles. The van der Waals surface area contributed by atoms with Gasteiger partial charge in [0.15, 0.2) is 5.96 Å². The second-order valence-electron chi connectivity index (χ2n) is 6.63. The van der Waals surface area contributed by atoms with Gasteiger partial charge in [0.05, 0.1) is 6.54 Å². The van der Waals surface area contributed by atoms with Crippen LogP contribution in [0.25, 0.3) is 0 Å². The Morgan fingerprint density at radius 3 is 2.61 bits per heavy atom. The minimum Gasteiger partial charge on any atom is -0.357 e. The predicted octanol–water partition coefficient (Wildman–Crippen LogP) is 0.942. The number of guanidine groups is 1. The number of hydrogen-bond acceptors (Lipinski definition) is 3. The Labute approximate surface area is 140 Å². The number of rotatable bonds is 8. The standard InChI is InChI=1S/C17H33N5O/c1-3-18-17(20-10-9-19-16(23)15-7-8-15)21-11-13-22-12-5-4-6-14(22)2/h14-15H,3-13H2,1-2H3,(H,19,23)(H2,18,20,21). The van der Waals surface area contributed by atoms with Gasteiger partial charge >= 0.3 is 0 Å². The van der Waals surface area contributed by atoms with Crippen molar-refractivity contribution in [3.05, 3.63) is 0 Å². The highest BCUT2D eigenvalue weighted by Gasteiger charge is 2.28. The molecule has 2 aliphatic rings. The van der Waals surface area contributed by atoms with Crippen LogP contribution in [-0.2, 0) is 4.79 Å². The van der Waals surface area contributed by atoms with E-state index in [4.69, 9.17) is 0 Å². The lowest BCUT2D eigenvalue weighted by molar-refractivity contribution is -0.122. The molecule has 6 heteroatoms. The minimum absolute atomic E-state index is 0.202. The number of amides is 1. The van der Waals surface area contributed by atoms with E-state index in [1.54, 1.807) is 0 Å². The largest absolute Gasteiger partial charge is 0.357 e. The molecule has 0 bridgehead atoms. The molecule has 2 rings (SSSR count). The summed E-state index contributed by atoms with van der Waals surface area (Å²) in [4.78, 5) is 18.7. The van der Waals surface area contributed by atoms with Crippen molar-refractivity contribution in [1.29, 1.82) is 0 Å². The number of carbonyl (C=O) groups is 1. The molecule has 6 nitrogen and oxygen atoms in total. The molecule has 1 unspecified atom stereocenters. The van der Waals surface area contributed by atoms with E-state index in [2.05, 4.69) is 39.7 Å². The molecule has 1 saturated heterocycles. The van der Waals surface area contributed by atoms with Gasteiger partial charge in [0.25, 0.3) is 0 Å². The molecule has 0 aromatic carbocycles. The van der Waals surface area contributed by atoms with E-state index < -0.39 is 0 Å². The minimum atomic E-state index is 0.202. The Kier molecular flexibility index (Phi) is 7.65. The lowest BCUT2D eigenvalue weighted by Gasteiger charge is -2.32. The molecule has 0 spiro atoms. The molecule has 132 valence electrons. The number of carbonyl (C=O) groups excluding carboxylic acids is 1. The maximum absolute atomic E-state index is 11.6. The van der Waals surface area contributed by atoms with Crippen molar-refractivity contribution in [2.45, 2.75) is 52.0 Å². The topological polar surface area (TPSA) is 68.8 Å². The summed E-state index contributed by atoms with van der Waals surface area (Å²) in [6.07, 6.45) is 6.09. The van der Waals surface area contributed by atoms with Crippen LogP contribution in [0.3, 0.4) is 0 Å². The molecule has 1 saturated carbocycles. The van der Waals surface area contributed by atoms with E-state index in [-0.39, 0.29) is 11.8 Å². The molecule has 2 fully saturated rings. The molecule has 1 aliphatic heterocycles. The van der Waals surface area contributed by atoms with E-state index in [0.717, 1.165) is 38.4 Å². The molecule has 1 aliphatic carbocycles. The summed E-state index contributed by atoms with van der Waals surface area (Å²) in [6.45, 7) is 9.64. The smallest absolute Gasteiger partial charge is 0.223 e. The number of aliphatic imine (C=N–C) groups is 1. The molecule has 0 radical (unpaired) electrons. The molecular weight excluding hydrogens is 290 g/mol. The third-order valence-corrected chi connectivity index (χ3v) is 4.61. The second kappa shape index (κ2) is 9.75. The maximum atomic E-state index is 11.6. The Bertz CT molecular complexity index is 394. The highest BCUT2D eigenvalue weighted by atomic mass is 16.2. The highest BCUT2D eigenvalue weighted by Crippen LogP contribution is 2.28. The summed E-state index contributed by atoms with van der Waals surface area (Å²) in [5, 5.41) is 9.52. The summed E-state index contributed by atoms with van der Waals surface area (Å²) < 4.78 is 0. The fourth-order valence-electron chi connectivity index (χ4n) is 2.98. The molecule has 1 amide bonds. The van der Waals surface area contributed by atoms with E-state index in [1.807, 2.05) is 0 Å². The van der Waals surface area contributed by atoms with Gasteiger partial charge in [-0.3, -0.25) is 14.7 Å². The zero-order valence-electron chi connectivity index (χ0n) is 14.7. The second-order valence-corrected chi connectivity index (χ2v) is 6.63. The van der Waals surface area contributed by atoms with Crippen LogP contribution in [0.5, 0.6) is 0 Å². The Morgan fingerprint density at radius 1 is 1.13 bits per heavy atom. The van der Waals surface area contributed by atoms with Crippen molar-refractivity contribution in [2.24, 2.45) is 10.9 Å². The van der Waals surface area contributed by atoms with Crippen LogP contribution in [-0.4, -0.2) is 62.1 Å². The molecule has 0 aromatic heterocycles. The van der Waals surface area contributed by atoms with Gasteiger partial charge in [0.2, 0.25) is 5.91 Å². The average molecular weight is 323 g/mol. The monoisotopic (exact) mass is 323 g/mol. The van der Waals surface area contributed by atoms with Crippen molar-refractivity contribution in [2.75, 3.05) is 39.3 Å². The van der Waals surface area contributed by atoms with Crippen LogP contribution in [0.4, 0.5) is 0 Å². The van der Waals surface area contributed by atoms with E-state index in [1.165, 1.54) is 25.8 Å². The maximum Gasteiger partial charge on any atom is 0.223 e. The lowest BCUT2D eigenvalue weighted by atomic mass is 10.0. The fourth-order valence-corrected chi connectivity index (χ4v) is 2.98. The van der Waals surface area contributed by atoms with E-state index in [0.29, 0.717) is 19.1 Å². The van der Waals surface area contributed by atoms with Crippen LogP contribution in [0.15, 0.2) is 4.99 Å². The first kappa shape index (κ1) is 18.0. The molecule has 23 heavy (non-hydrogen) atoms. The van der Waals surface area contributed by atoms with E-state index in [9.17, 15) is 4.79 Å². The Morgan fingerprint density at radius 2 is 1.91 bits per heavy atom. The van der Waals surface area contributed by atoms with Crippen LogP contribution in [0, 0.1) is 5.92 Å². The quantitative estimate of drug-likeness (QED) is 0.353. The van der Waals surface area contributed by atoms with Gasteiger partial charge in [-0.15, -0.1) is 0 Å². The van der Waals surface area contributed by atoms with Gasteiger partial charge in [-0.25, -0.2) is 0 Å². The number of likely N-dealkylation sites (tertiary alicyclic amines) is 1. The van der Waals surface area contributed by atoms with Crippen LogP contribution >= 0.6 is 0 Å². The van der Waals surface area contributed by atoms with Gasteiger partial charge < -0.3 is 16.0 Å². The van der Waals surface area contributed by atoms with Crippen LogP contribution in [0.1, 0.15) is 46.0 Å². The van der Waals surface area contributed by atoms with Gasteiger partial charge in [-0.2, -0.15) is 0 Å². The van der Waals surface area contributed by atoms with Gasteiger partial charge in [-0.1, -0.05) is 6.42 Å². The summed E-state index contributed by atoms with van der Waals surface area (Å²) in [5.41, 5.74) is 0. The Hall–Kier alpha value is -1.30. The first-order chi connectivity index (χ1) is 11.2. The van der Waals surface area contributed by atoms with Crippen LogP contribution < -0.4 is 16.0 Å². The van der Waals surface area contributed by atoms with Crippen LogP contribution in [0.2, 0.25) is 0 Å². The lowest BCUT2D eigenvalue weighted by Crippen LogP contribution is -2.43. The van der Waals surface area contributed by atoms with Crippen molar-refractivity contribution >= 4 is 11.9 Å². The number of piperidine rings is 1. The van der Waals surface area contributed by atoms with Gasteiger partial charge in [0, 0.05) is 38.1 Å². The van der Waals surface area contributed by atoms with Crippen molar-refractivity contribution < 1.29 is 4.79 Å². The third kappa shape index (κ3) is 6.77. The number of hydrogen-bond donors (Lipinski definition) is 3.